The van der Waals surface area contributed by atoms with Gasteiger partial charge in [-0.05, 0) is 25.2 Å². The molecule has 2 atom stereocenters. The third-order valence-corrected chi connectivity index (χ3v) is 2.48. The summed E-state index contributed by atoms with van der Waals surface area (Å²) in [7, 11) is 0. The third-order valence-electron chi connectivity index (χ3n) is 2.48. The van der Waals surface area contributed by atoms with Crippen molar-refractivity contribution in [1.29, 1.82) is 0 Å². The van der Waals surface area contributed by atoms with E-state index in [1.807, 2.05) is 0 Å². The van der Waals surface area contributed by atoms with Crippen LogP contribution in [0.4, 0.5) is 0 Å². The molecule has 1 nitrogen and oxygen atoms in total. The molecule has 0 saturated heterocycles. The van der Waals surface area contributed by atoms with Crippen LogP contribution in [0.25, 0.3) is 0 Å². The Bertz CT molecular complexity index is 90.7. The van der Waals surface area contributed by atoms with E-state index in [0.29, 0.717) is 0 Å². The molecule has 1 heteroatoms. The van der Waals surface area contributed by atoms with Gasteiger partial charge in [0.1, 0.15) is 0 Å². The van der Waals surface area contributed by atoms with Crippen molar-refractivity contribution < 1.29 is 5.11 Å². The van der Waals surface area contributed by atoms with Crippen molar-refractivity contribution in [3.8, 4) is 0 Å². The lowest BCUT2D eigenvalue weighted by Crippen LogP contribution is -1.99. The molecule has 0 aromatic carbocycles. The quantitative estimate of drug-likeness (QED) is 0.641. The van der Waals surface area contributed by atoms with Crippen LogP contribution in [0.1, 0.15) is 45.4 Å². The molecule has 0 aliphatic heterocycles. The molecule has 0 aromatic rings. The Hall–Kier alpha value is -0.0400. The molecule has 0 heterocycles. The first-order chi connectivity index (χ1) is 4.83. The van der Waals surface area contributed by atoms with Crippen molar-refractivity contribution in [3.63, 3.8) is 0 Å². The Morgan fingerprint density at radius 3 is 2.70 bits per heavy atom. The van der Waals surface area contributed by atoms with E-state index in [1.165, 1.54) is 25.7 Å². The smallest absolute Gasteiger partial charge is 0.0543 e. The minimum absolute atomic E-state index is 0.0295. The zero-order valence-corrected chi connectivity index (χ0v) is 6.84. The Labute approximate surface area is 63.4 Å². The summed E-state index contributed by atoms with van der Waals surface area (Å²) in [5.41, 5.74) is 0. The summed E-state index contributed by atoms with van der Waals surface area (Å²) in [5.74, 6) is 0.843. The lowest BCUT2D eigenvalue weighted by molar-refractivity contribution is 0.176. The second-order valence-corrected chi connectivity index (χ2v) is 3.48. The number of rotatable bonds is 3. The van der Waals surface area contributed by atoms with Gasteiger partial charge in [0.25, 0.3) is 0 Å². The van der Waals surface area contributed by atoms with Crippen molar-refractivity contribution in [2.45, 2.75) is 51.6 Å². The van der Waals surface area contributed by atoms with Crippen molar-refractivity contribution in [1.82, 2.24) is 0 Å². The lowest BCUT2D eigenvalue weighted by Gasteiger charge is -2.06. The summed E-state index contributed by atoms with van der Waals surface area (Å²) in [4.78, 5) is 0. The molecule has 0 bridgehead atoms. The number of unbranched alkanes of at least 4 members (excludes halogenated alkanes) is 1. The lowest BCUT2D eigenvalue weighted by atomic mass is 10.0. The Morgan fingerprint density at radius 2 is 2.20 bits per heavy atom. The van der Waals surface area contributed by atoms with Crippen LogP contribution in [0, 0.1) is 5.92 Å². The van der Waals surface area contributed by atoms with Gasteiger partial charge in [0.2, 0.25) is 0 Å². The molecule has 1 fully saturated rings. The van der Waals surface area contributed by atoms with Gasteiger partial charge in [-0.15, -0.1) is 0 Å². The molecule has 0 spiro atoms. The molecule has 1 aliphatic rings. The molecular formula is C9H18O. The number of hydrogen-bond acceptors (Lipinski definition) is 1. The predicted molar refractivity (Wildman–Crippen MR) is 42.9 cm³/mol. The molecule has 0 aromatic heterocycles. The van der Waals surface area contributed by atoms with Gasteiger partial charge >= 0.3 is 0 Å². The molecule has 0 radical (unpaired) electrons. The highest BCUT2D eigenvalue weighted by Crippen LogP contribution is 2.29. The Morgan fingerprint density at radius 1 is 1.40 bits per heavy atom. The van der Waals surface area contributed by atoms with E-state index >= 15 is 0 Å². The van der Waals surface area contributed by atoms with Gasteiger partial charge in [-0.25, -0.2) is 0 Å². The van der Waals surface area contributed by atoms with Crippen molar-refractivity contribution in [3.05, 3.63) is 0 Å². The minimum Gasteiger partial charge on any atom is -0.393 e. The van der Waals surface area contributed by atoms with Gasteiger partial charge in [0.05, 0.1) is 6.10 Å². The zero-order valence-electron chi connectivity index (χ0n) is 6.84. The summed E-state index contributed by atoms with van der Waals surface area (Å²) < 4.78 is 0. The van der Waals surface area contributed by atoms with Crippen LogP contribution in [0.2, 0.25) is 0 Å². The molecule has 1 N–H and O–H groups in total. The van der Waals surface area contributed by atoms with Crippen LogP contribution >= 0.6 is 0 Å². The summed E-state index contributed by atoms with van der Waals surface area (Å²) in [6, 6.07) is 0. The van der Waals surface area contributed by atoms with E-state index < -0.39 is 0 Å². The summed E-state index contributed by atoms with van der Waals surface area (Å²) in [6.07, 6.45) is 7.40. The molecular weight excluding hydrogens is 124 g/mol. The molecule has 1 rings (SSSR count). The van der Waals surface area contributed by atoms with Gasteiger partial charge in [0.15, 0.2) is 0 Å². The van der Waals surface area contributed by atoms with Crippen molar-refractivity contribution in [2.24, 2.45) is 5.92 Å². The van der Waals surface area contributed by atoms with Crippen molar-refractivity contribution in [2.75, 3.05) is 0 Å². The summed E-state index contributed by atoms with van der Waals surface area (Å²) in [5, 5.41) is 9.20. The Kier molecular flexibility index (Phi) is 3.20. The SMILES string of the molecule is CCCC[C@H]1CC[C@H](O)C1. The van der Waals surface area contributed by atoms with Crippen LogP contribution in [0.5, 0.6) is 0 Å². The van der Waals surface area contributed by atoms with Crippen molar-refractivity contribution >= 4 is 0 Å². The Balaban J connectivity index is 2.06. The number of hydrogen-bond donors (Lipinski definition) is 1. The van der Waals surface area contributed by atoms with Crippen LogP contribution in [-0.4, -0.2) is 11.2 Å². The first-order valence-electron chi connectivity index (χ1n) is 4.51. The van der Waals surface area contributed by atoms with E-state index in [0.717, 1.165) is 18.8 Å². The summed E-state index contributed by atoms with van der Waals surface area (Å²) >= 11 is 0. The fourth-order valence-electron chi connectivity index (χ4n) is 1.80. The molecule has 1 saturated carbocycles. The van der Waals surface area contributed by atoms with E-state index in [-0.39, 0.29) is 6.10 Å². The zero-order chi connectivity index (χ0) is 7.40. The van der Waals surface area contributed by atoms with Gasteiger partial charge < -0.3 is 5.11 Å². The fourth-order valence-corrected chi connectivity index (χ4v) is 1.80. The standard InChI is InChI=1S/C9H18O/c1-2-3-4-8-5-6-9(10)7-8/h8-10H,2-7H2,1H3/t8-,9-/m0/s1. The monoisotopic (exact) mass is 142 g/mol. The van der Waals surface area contributed by atoms with E-state index in [1.54, 1.807) is 0 Å². The van der Waals surface area contributed by atoms with Crippen LogP contribution in [0.15, 0.2) is 0 Å². The average molecular weight is 142 g/mol. The van der Waals surface area contributed by atoms with Gasteiger partial charge in [-0.2, -0.15) is 0 Å². The van der Waals surface area contributed by atoms with Crippen LogP contribution in [0.3, 0.4) is 0 Å². The first-order valence-corrected chi connectivity index (χ1v) is 4.51. The van der Waals surface area contributed by atoms with Gasteiger partial charge in [0, 0.05) is 0 Å². The minimum atomic E-state index is 0.0295. The maximum absolute atomic E-state index is 9.20. The van der Waals surface area contributed by atoms with Crippen LogP contribution < -0.4 is 0 Å². The highest BCUT2D eigenvalue weighted by atomic mass is 16.3. The maximum Gasteiger partial charge on any atom is 0.0543 e. The topological polar surface area (TPSA) is 20.2 Å². The normalized spacial score (nSPS) is 33.0. The van der Waals surface area contributed by atoms with E-state index in [4.69, 9.17) is 0 Å². The molecule has 10 heavy (non-hydrogen) atoms. The molecule has 0 unspecified atom stereocenters. The number of aliphatic hydroxyl groups is 1. The summed E-state index contributed by atoms with van der Waals surface area (Å²) in [6.45, 7) is 2.23. The molecule has 0 amide bonds. The predicted octanol–water partition coefficient (Wildman–Crippen LogP) is 2.34. The highest BCUT2D eigenvalue weighted by molar-refractivity contribution is 4.74. The highest BCUT2D eigenvalue weighted by Gasteiger charge is 2.21. The molecule has 1 aliphatic carbocycles. The van der Waals surface area contributed by atoms with Gasteiger partial charge in [-0.1, -0.05) is 26.2 Å². The second kappa shape index (κ2) is 3.97. The van der Waals surface area contributed by atoms with Gasteiger partial charge in [-0.3, -0.25) is 0 Å². The fraction of sp³-hybridized carbons (Fsp3) is 1.00. The maximum atomic E-state index is 9.20. The first kappa shape index (κ1) is 8.06. The third kappa shape index (κ3) is 2.30. The van der Waals surface area contributed by atoms with Crippen LogP contribution in [-0.2, 0) is 0 Å². The molecule has 60 valence electrons. The van der Waals surface area contributed by atoms with E-state index in [9.17, 15) is 5.11 Å². The largest absolute Gasteiger partial charge is 0.393 e. The van der Waals surface area contributed by atoms with E-state index in [2.05, 4.69) is 6.92 Å². The number of aliphatic hydroxyl groups excluding tert-OH is 1. The average Bonchev–Trinajstić information content (AvgIpc) is 2.31. The second-order valence-electron chi connectivity index (χ2n) is 3.48.